The Hall–Kier alpha value is -1.64. The van der Waals surface area contributed by atoms with Gasteiger partial charge < -0.3 is 5.32 Å². The fourth-order valence-electron chi connectivity index (χ4n) is 2.57. The molecule has 0 radical (unpaired) electrons. The van der Waals surface area contributed by atoms with E-state index in [1.165, 1.54) is 38.1 Å². The number of nitrogens with zero attached hydrogens (tertiary/aromatic N) is 1. The molecule has 1 aromatic rings. The molecule has 1 amide bonds. The summed E-state index contributed by atoms with van der Waals surface area (Å²) in [5, 5.41) is 12.8. The highest BCUT2D eigenvalue weighted by molar-refractivity contribution is 9.10. The molecule has 2 atom stereocenters. The zero-order valence-corrected chi connectivity index (χ0v) is 18.2. The molecule has 2 rings (SSSR count). The van der Waals surface area contributed by atoms with Crippen molar-refractivity contribution in [2.24, 2.45) is 0 Å². The van der Waals surface area contributed by atoms with Crippen molar-refractivity contribution in [2.45, 2.75) is 55.7 Å². The minimum absolute atomic E-state index is 0.165. The molecule has 1 aliphatic rings. The first-order valence-electron chi connectivity index (χ1n) is 8.83. The van der Waals surface area contributed by atoms with Gasteiger partial charge in [0.15, 0.2) is 9.84 Å². The molecular formula is C18H21BrF3N3O3S. The Balaban J connectivity index is 2.35. The Morgan fingerprint density at radius 1 is 1.28 bits per heavy atom. The highest BCUT2D eigenvalue weighted by Crippen LogP contribution is 2.36. The Labute approximate surface area is 175 Å². The number of hydrogen-bond donors (Lipinski definition) is 2. The average Bonchev–Trinajstić information content (AvgIpc) is 3.38. The van der Waals surface area contributed by atoms with Crippen molar-refractivity contribution in [3.05, 3.63) is 34.3 Å². The third-order valence-electron chi connectivity index (χ3n) is 4.66. The fraction of sp³-hybridized carbons (Fsp3) is 0.556. The normalized spacial score (nSPS) is 18.0. The van der Waals surface area contributed by atoms with Crippen molar-refractivity contribution in [1.29, 1.82) is 5.26 Å². The van der Waals surface area contributed by atoms with Crippen LogP contribution >= 0.6 is 15.9 Å². The van der Waals surface area contributed by atoms with Gasteiger partial charge in [-0.25, -0.2) is 8.42 Å². The van der Waals surface area contributed by atoms with Gasteiger partial charge in [-0.1, -0.05) is 28.1 Å². The quantitative estimate of drug-likeness (QED) is 0.577. The molecule has 0 heterocycles. The van der Waals surface area contributed by atoms with Crippen LogP contribution in [0.1, 0.15) is 38.3 Å². The zero-order valence-electron chi connectivity index (χ0n) is 15.8. The molecule has 1 saturated carbocycles. The summed E-state index contributed by atoms with van der Waals surface area (Å²) in [6, 6.07) is 3.29. The minimum atomic E-state index is -4.78. The Kier molecular flexibility index (Phi) is 7.02. The Morgan fingerprint density at radius 3 is 2.24 bits per heavy atom. The van der Waals surface area contributed by atoms with E-state index >= 15 is 0 Å². The molecule has 1 aliphatic carbocycles. The Bertz CT molecular complexity index is 892. The maximum Gasteiger partial charge on any atom is 0.407 e. The minimum Gasteiger partial charge on any atom is -0.336 e. The van der Waals surface area contributed by atoms with E-state index in [0.29, 0.717) is 17.3 Å². The number of benzene rings is 1. The van der Waals surface area contributed by atoms with Crippen LogP contribution in [0.4, 0.5) is 13.2 Å². The topological polar surface area (TPSA) is 99.1 Å². The molecule has 1 fully saturated rings. The highest BCUT2D eigenvalue weighted by Gasteiger charge is 2.48. The number of alkyl halides is 3. The summed E-state index contributed by atoms with van der Waals surface area (Å²) in [6.07, 6.45) is -4.04. The van der Waals surface area contributed by atoms with Crippen molar-refractivity contribution in [2.75, 3.05) is 5.75 Å². The van der Waals surface area contributed by atoms with Crippen LogP contribution in [0, 0.1) is 11.3 Å². The number of nitrogens with one attached hydrogen (secondary N) is 2. The third kappa shape index (κ3) is 6.17. The molecular weight excluding hydrogens is 475 g/mol. The number of carbonyl (C=O) groups is 1. The lowest BCUT2D eigenvalue weighted by atomic mass is 10.1. The van der Waals surface area contributed by atoms with E-state index in [0.717, 1.165) is 0 Å². The second-order valence-electron chi connectivity index (χ2n) is 7.31. The molecule has 0 bridgehead atoms. The predicted octanol–water partition coefficient (Wildman–Crippen LogP) is 3.01. The molecule has 2 unspecified atom stereocenters. The molecule has 0 saturated heterocycles. The van der Waals surface area contributed by atoms with Gasteiger partial charge in [-0.3, -0.25) is 10.1 Å². The maximum atomic E-state index is 13.7. The van der Waals surface area contributed by atoms with E-state index in [-0.39, 0.29) is 5.56 Å². The number of sulfone groups is 1. The largest absolute Gasteiger partial charge is 0.407 e. The van der Waals surface area contributed by atoms with Crippen LogP contribution in [-0.2, 0) is 14.6 Å². The van der Waals surface area contributed by atoms with E-state index in [9.17, 15) is 26.4 Å². The SMILES string of the molecule is CC(C)S(=O)(=O)CC(NC(c1ccc(Br)cc1)C(F)(F)F)C(=O)NC1(C#N)CC1. The number of rotatable bonds is 8. The van der Waals surface area contributed by atoms with E-state index < -0.39 is 50.5 Å². The molecule has 0 aromatic heterocycles. The third-order valence-corrected chi connectivity index (χ3v) is 7.42. The van der Waals surface area contributed by atoms with E-state index in [1.807, 2.05) is 6.07 Å². The summed E-state index contributed by atoms with van der Waals surface area (Å²) in [6.45, 7) is 2.77. The monoisotopic (exact) mass is 495 g/mol. The lowest BCUT2D eigenvalue weighted by Crippen LogP contribution is -2.54. The number of halogens is 4. The summed E-state index contributed by atoms with van der Waals surface area (Å²) in [5.74, 6) is -1.76. The predicted molar refractivity (Wildman–Crippen MR) is 105 cm³/mol. The van der Waals surface area contributed by atoms with Gasteiger partial charge in [0.2, 0.25) is 5.91 Å². The smallest absolute Gasteiger partial charge is 0.336 e. The van der Waals surface area contributed by atoms with Gasteiger partial charge in [-0.15, -0.1) is 0 Å². The first kappa shape index (κ1) is 23.6. The molecule has 11 heteroatoms. The molecule has 1 aromatic carbocycles. The molecule has 6 nitrogen and oxygen atoms in total. The van der Waals surface area contributed by atoms with Crippen LogP contribution in [-0.4, -0.2) is 43.1 Å². The van der Waals surface area contributed by atoms with Crippen LogP contribution in [0.15, 0.2) is 28.7 Å². The lowest BCUT2D eigenvalue weighted by Gasteiger charge is -2.28. The van der Waals surface area contributed by atoms with E-state index in [4.69, 9.17) is 5.26 Å². The van der Waals surface area contributed by atoms with Gasteiger partial charge in [0, 0.05) is 4.47 Å². The fourth-order valence-corrected chi connectivity index (χ4v) is 3.93. The van der Waals surface area contributed by atoms with Crippen molar-refractivity contribution >= 4 is 31.7 Å². The van der Waals surface area contributed by atoms with Gasteiger partial charge >= 0.3 is 6.18 Å². The highest BCUT2D eigenvalue weighted by atomic mass is 79.9. The number of carbonyl (C=O) groups excluding carboxylic acids is 1. The van der Waals surface area contributed by atoms with Gasteiger partial charge in [0.05, 0.1) is 17.1 Å². The summed E-state index contributed by atoms with van der Waals surface area (Å²) in [7, 11) is -3.85. The summed E-state index contributed by atoms with van der Waals surface area (Å²) < 4.78 is 66.4. The first-order valence-corrected chi connectivity index (χ1v) is 11.3. The molecule has 160 valence electrons. The van der Waals surface area contributed by atoms with Gasteiger partial charge in [-0.05, 0) is 44.4 Å². The van der Waals surface area contributed by atoms with Crippen LogP contribution in [0.3, 0.4) is 0 Å². The van der Waals surface area contributed by atoms with Crippen LogP contribution < -0.4 is 10.6 Å². The zero-order chi connectivity index (χ0) is 22.0. The lowest BCUT2D eigenvalue weighted by molar-refractivity contribution is -0.160. The first-order chi connectivity index (χ1) is 13.3. The van der Waals surface area contributed by atoms with Crippen LogP contribution in [0.25, 0.3) is 0 Å². The van der Waals surface area contributed by atoms with Crippen molar-refractivity contribution in [3.63, 3.8) is 0 Å². The number of nitriles is 1. The van der Waals surface area contributed by atoms with Crippen LogP contribution in [0.2, 0.25) is 0 Å². The van der Waals surface area contributed by atoms with Crippen LogP contribution in [0.5, 0.6) is 0 Å². The molecule has 29 heavy (non-hydrogen) atoms. The molecule has 0 spiro atoms. The second kappa shape index (κ2) is 8.62. The van der Waals surface area contributed by atoms with Gasteiger partial charge in [-0.2, -0.15) is 18.4 Å². The Morgan fingerprint density at radius 2 is 1.83 bits per heavy atom. The molecule has 2 N–H and O–H groups in total. The second-order valence-corrected chi connectivity index (χ2v) is 10.8. The standard InChI is InChI=1S/C18H21BrF3N3O3S/c1-11(2)29(27,28)9-14(16(26)25-17(10-23)7-8-17)24-15(18(20,21)22)12-3-5-13(19)6-4-12/h3-6,11,14-15,24H,7-9H2,1-2H3,(H,25,26). The number of hydrogen-bond acceptors (Lipinski definition) is 5. The summed E-state index contributed by atoms with van der Waals surface area (Å²) >= 11 is 3.15. The van der Waals surface area contributed by atoms with E-state index in [2.05, 4.69) is 26.6 Å². The summed E-state index contributed by atoms with van der Waals surface area (Å²) in [5.41, 5.74) is -1.30. The average molecular weight is 496 g/mol. The summed E-state index contributed by atoms with van der Waals surface area (Å²) in [4.78, 5) is 12.6. The molecule has 0 aliphatic heterocycles. The van der Waals surface area contributed by atoms with Crippen molar-refractivity contribution < 1.29 is 26.4 Å². The maximum absolute atomic E-state index is 13.7. The van der Waals surface area contributed by atoms with Crippen molar-refractivity contribution in [1.82, 2.24) is 10.6 Å². The van der Waals surface area contributed by atoms with E-state index in [1.54, 1.807) is 0 Å². The number of amides is 1. The van der Waals surface area contributed by atoms with Gasteiger partial charge in [0.25, 0.3) is 0 Å². The van der Waals surface area contributed by atoms with Crippen molar-refractivity contribution in [3.8, 4) is 6.07 Å². The van der Waals surface area contributed by atoms with Gasteiger partial charge in [0.1, 0.15) is 17.6 Å².